The molecule has 0 aliphatic carbocycles. The first kappa shape index (κ1) is 20.2. The zero-order valence-corrected chi connectivity index (χ0v) is 16.8. The molecule has 0 radical (unpaired) electrons. The number of aliphatic hydroxyl groups is 1. The number of carbonyl (C=O) groups is 1. The summed E-state index contributed by atoms with van der Waals surface area (Å²) in [6, 6.07) is 11.4. The number of ether oxygens (including phenoxy) is 1. The first-order valence-electron chi connectivity index (χ1n) is 9.28. The predicted molar refractivity (Wildman–Crippen MR) is 108 cm³/mol. The number of hydrogen-bond donors (Lipinski definition) is 1. The van der Waals surface area contributed by atoms with Crippen molar-refractivity contribution in [2.45, 2.75) is 39.3 Å². The first-order valence-corrected chi connectivity index (χ1v) is 9.66. The fraction of sp³-hybridized carbons (Fsp3) is 0.333. The summed E-state index contributed by atoms with van der Waals surface area (Å²) in [5.41, 5.74) is 2.91. The number of rotatable bonds is 8. The number of aryl methyl sites for hydroxylation is 1. The number of nitrogens with zero attached hydrogens (tertiary/aromatic N) is 3. The Kier molecular flexibility index (Phi) is 6.54. The second-order valence-corrected chi connectivity index (χ2v) is 6.89. The van der Waals surface area contributed by atoms with Gasteiger partial charge in [0.15, 0.2) is 0 Å². The van der Waals surface area contributed by atoms with Crippen LogP contribution in [-0.4, -0.2) is 32.3 Å². The van der Waals surface area contributed by atoms with E-state index in [2.05, 4.69) is 11.9 Å². The van der Waals surface area contributed by atoms with Crippen LogP contribution in [0.25, 0.3) is 5.69 Å². The van der Waals surface area contributed by atoms with E-state index in [9.17, 15) is 9.90 Å². The number of unbranched alkanes of at least 4 members (excludes halogenated alkanes) is 1. The lowest BCUT2D eigenvalue weighted by Crippen LogP contribution is -2.09. The second-order valence-electron chi connectivity index (χ2n) is 6.53. The average Bonchev–Trinajstić information content (AvgIpc) is 3.32. The summed E-state index contributed by atoms with van der Waals surface area (Å²) >= 11 is 6.43. The van der Waals surface area contributed by atoms with Crippen LogP contribution in [0.15, 0.2) is 42.6 Å². The number of imidazole rings is 1. The lowest BCUT2D eigenvalue weighted by Gasteiger charge is -2.11. The van der Waals surface area contributed by atoms with E-state index >= 15 is 0 Å². The minimum atomic E-state index is -0.378. The molecule has 0 saturated heterocycles. The van der Waals surface area contributed by atoms with Gasteiger partial charge in [-0.25, -0.2) is 9.78 Å². The van der Waals surface area contributed by atoms with Gasteiger partial charge >= 0.3 is 5.97 Å². The molecule has 2 heterocycles. The third-order valence-electron chi connectivity index (χ3n) is 4.65. The minimum absolute atomic E-state index is 0.173. The maximum atomic E-state index is 11.9. The molecule has 1 N–H and O–H groups in total. The van der Waals surface area contributed by atoms with Gasteiger partial charge in [0.05, 0.1) is 20.3 Å². The van der Waals surface area contributed by atoms with Gasteiger partial charge in [-0.15, -0.1) is 0 Å². The topological polar surface area (TPSA) is 69.3 Å². The van der Waals surface area contributed by atoms with Gasteiger partial charge in [0.1, 0.15) is 22.4 Å². The molecule has 0 atom stereocenters. The summed E-state index contributed by atoms with van der Waals surface area (Å²) in [6.45, 7) is 2.53. The predicted octanol–water partition coefficient (Wildman–Crippen LogP) is 4.00. The quantitative estimate of drug-likeness (QED) is 0.579. The molecule has 0 bridgehead atoms. The molecule has 3 aromatic rings. The van der Waals surface area contributed by atoms with E-state index in [1.165, 1.54) is 7.11 Å². The van der Waals surface area contributed by atoms with E-state index in [0.29, 0.717) is 23.1 Å². The standard InChI is InChI=1S/C21H24ClN3O3/c1-3-4-7-19-23-17(14-26)20(22)25(19)13-15-8-10-16(11-9-15)24-12-5-6-18(24)21(27)28-2/h5-6,8-12,26H,3-4,7,13-14H2,1-2H3. The second kappa shape index (κ2) is 9.08. The van der Waals surface area contributed by atoms with E-state index < -0.39 is 0 Å². The number of aromatic nitrogens is 3. The van der Waals surface area contributed by atoms with E-state index in [0.717, 1.165) is 36.3 Å². The Hall–Kier alpha value is -2.57. The highest BCUT2D eigenvalue weighted by Gasteiger charge is 2.16. The Morgan fingerprint density at radius 1 is 1.25 bits per heavy atom. The van der Waals surface area contributed by atoms with Crippen LogP contribution in [-0.2, 0) is 24.3 Å². The summed E-state index contributed by atoms with van der Waals surface area (Å²) in [5, 5.41) is 9.96. The zero-order chi connectivity index (χ0) is 20.1. The maximum Gasteiger partial charge on any atom is 0.355 e. The Morgan fingerprint density at radius 3 is 2.64 bits per heavy atom. The van der Waals surface area contributed by atoms with Gasteiger partial charge in [-0.2, -0.15) is 0 Å². The molecule has 1 aromatic carbocycles. The van der Waals surface area contributed by atoms with Crippen LogP contribution in [0.1, 0.15) is 47.3 Å². The van der Waals surface area contributed by atoms with E-state index in [1.807, 2.05) is 41.1 Å². The summed E-state index contributed by atoms with van der Waals surface area (Å²) < 4.78 is 8.57. The molecule has 3 rings (SSSR count). The highest BCUT2D eigenvalue weighted by atomic mass is 35.5. The van der Waals surface area contributed by atoms with Crippen LogP contribution in [0.3, 0.4) is 0 Å². The zero-order valence-electron chi connectivity index (χ0n) is 16.1. The van der Waals surface area contributed by atoms with Crippen molar-refractivity contribution in [1.29, 1.82) is 0 Å². The Balaban J connectivity index is 1.85. The Bertz CT molecular complexity index is 944. The third kappa shape index (κ3) is 4.13. The Labute approximate surface area is 169 Å². The van der Waals surface area contributed by atoms with Crippen LogP contribution < -0.4 is 0 Å². The molecule has 0 unspecified atom stereocenters. The third-order valence-corrected chi connectivity index (χ3v) is 5.08. The van der Waals surface area contributed by atoms with Crippen molar-refractivity contribution < 1.29 is 14.6 Å². The molecular formula is C21H24ClN3O3. The molecule has 2 aromatic heterocycles. The number of benzene rings is 1. The number of carbonyl (C=O) groups excluding carboxylic acids is 1. The molecule has 0 fully saturated rings. The van der Waals surface area contributed by atoms with Gasteiger partial charge in [0.2, 0.25) is 0 Å². The summed E-state index contributed by atoms with van der Waals surface area (Å²) in [5.74, 6) is 0.509. The number of esters is 1. The molecule has 0 spiro atoms. The van der Waals surface area contributed by atoms with E-state index in [-0.39, 0.29) is 12.6 Å². The lowest BCUT2D eigenvalue weighted by molar-refractivity contribution is 0.0591. The molecule has 0 aliphatic heterocycles. The van der Waals surface area contributed by atoms with Gasteiger partial charge in [0.25, 0.3) is 0 Å². The monoisotopic (exact) mass is 401 g/mol. The fourth-order valence-electron chi connectivity index (χ4n) is 3.14. The van der Waals surface area contributed by atoms with Crippen molar-refractivity contribution in [2.75, 3.05) is 7.11 Å². The number of methoxy groups -OCH3 is 1. The largest absolute Gasteiger partial charge is 0.464 e. The van der Waals surface area contributed by atoms with Crippen molar-refractivity contribution in [1.82, 2.24) is 14.1 Å². The van der Waals surface area contributed by atoms with Crippen LogP contribution in [0.5, 0.6) is 0 Å². The molecule has 28 heavy (non-hydrogen) atoms. The van der Waals surface area contributed by atoms with E-state index in [1.54, 1.807) is 10.6 Å². The van der Waals surface area contributed by atoms with Gasteiger partial charge in [-0.3, -0.25) is 0 Å². The molecule has 0 aliphatic rings. The number of hydrogen-bond acceptors (Lipinski definition) is 4. The number of halogens is 1. The summed E-state index contributed by atoms with van der Waals surface area (Å²) in [4.78, 5) is 16.4. The minimum Gasteiger partial charge on any atom is -0.464 e. The van der Waals surface area contributed by atoms with Gasteiger partial charge in [-0.1, -0.05) is 37.1 Å². The van der Waals surface area contributed by atoms with Crippen molar-refractivity contribution in [3.05, 3.63) is 70.5 Å². The van der Waals surface area contributed by atoms with Gasteiger partial charge in [0, 0.05) is 18.3 Å². The fourth-order valence-corrected chi connectivity index (χ4v) is 3.40. The smallest absolute Gasteiger partial charge is 0.355 e. The van der Waals surface area contributed by atoms with Crippen LogP contribution >= 0.6 is 11.6 Å². The van der Waals surface area contributed by atoms with Crippen molar-refractivity contribution >= 4 is 17.6 Å². The van der Waals surface area contributed by atoms with Gasteiger partial charge in [-0.05, 0) is 36.2 Å². The molecular weight excluding hydrogens is 378 g/mol. The molecule has 0 saturated carbocycles. The first-order chi connectivity index (χ1) is 13.6. The highest BCUT2D eigenvalue weighted by molar-refractivity contribution is 6.30. The SMILES string of the molecule is CCCCc1nc(CO)c(Cl)n1Cc1ccc(-n2cccc2C(=O)OC)cc1. The summed E-state index contributed by atoms with van der Waals surface area (Å²) in [6.07, 6.45) is 4.72. The molecule has 0 amide bonds. The van der Waals surface area contributed by atoms with Crippen molar-refractivity contribution in [3.8, 4) is 5.69 Å². The lowest BCUT2D eigenvalue weighted by atomic mass is 10.2. The van der Waals surface area contributed by atoms with Crippen molar-refractivity contribution in [3.63, 3.8) is 0 Å². The molecule has 6 nitrogen and oxygen atoms in total. The van der Waals surface area contributed by atoms with Crippen LogP contribution in [0, 0.1) is 0 Å². The summed E-state index contributed by atoms with van der Waals surface area (Å²) in [7, 11) is 1.37. The van der Waals surface area contributed by atoms with Gasteiger partial charge < -0.3 is 19.0 Å². The molecule has 7 heteroatoms. The highest BCUT2D eigenvalue weighted by Crippen LogP contribution is 2.22. The average molecular weight is 402 g/mol. The molecule has 148 valence electrons. The Morgan fingerprint density at radius 2 is 2.00 bits per heavy atom. The van der Waals surface area contributed by atoms with Crippen LogP contribution in [0.4, 0.5) is 0 Å². The van der Waals surface area contributed by atoms with E-state index in [4.69, 9.17) is 16.3 Å². The van der Waals surface area contributed by atoms with Crippen LogP contribution in [0.2, 0.25) is 5.15 Å². The normalized spacial score (nSPS) is 11.0. The number of aliphatic hydroxyl groups excluding tert-OH is 1. The maximum absolute atomic E-state index is 11.9. The van der Waals surface area contributed by atoms with Crippen molar-refractivity contribution in [2.24, 2.45) is 0 Å².